The van der Waals surface area contributed by atoms with Crippen LogP contribution in [0.5, 0.6) is 0 Å². The second-order valence-electron chi connectivity index (χ2n) is 5.61. The number of rotatable bonds is 6. The summed E-state index contributed by atoms with van der Waals surface area (Å²) in [5.74, 6) is -0.701. The number of anilines is 1. The number of primary amides is 1. The van der Waals surface area contributed by atoms with Gasteiger partial charge in [0.05, 0.1) is 11.6 Å². The number of carbonyl (C=O) groups excluding carboxylic acids is 1. The average Bonchev–Trinajstić information content (AvgIpc) is 2.48. The lowest BCUT2D eigenvalue weighted by atomic mass is 9.96. The molecule has 1 saturated heterocycles. The molecule has 1 aromatic rings. The number of benzene rings is 1. The second-order valence-corrected chi connectivity index (χ2v) is 5.61. The number of piperidine rings is 1. The van der Waals surface area contributed by atoms with Crippen LogP contribution >= 0.6 is 0 Å². The van der Waals surface area contributed by atoms with Crippen molar-refractivity contribution in [3.05, 3.63) is 29.6 Å². The summed E-state index contributed by atoms with van der Waals surface area (Å²) >= 11 is 0. The number of nitrogens with two attached hydrogens (primary N) is 1. The lowest BCUT2D eigenvalue weighted by Gasteiger charge is -2.34. The van der Waals surface area contributed by atoms with Crippen molar-refractivity contribution in [1.82, 2.24) is 5.32 Å². The van der Waals surface area contributed by atoms with Gasteiger partial charge in [0.2, 0.25) is 5.91 Å². The van der Waals surface area contributed by atoms with Crippen LogP contribution in [0.15, 0.2) is 18.2 Å². The molecule has 1 aliphatic heterocycles. The van der Waals surface area contributed by atoms with Crippen LogP contribution in [0.1, 0.15) is 31.7 Å². The highest BCUT2D eigenvalue weighted by atomic mass is 19.1. The highest BCUT2D eigenvalue weighted by Crippen LogP contribution is 2.29. The molecule has 1 aromatic carbocycles. The number of nitrogens with one attached hydrogen (secondary N) is 1. The van der Waals surface area contributed by atoms with Crippen LogP contribution in [0.25, 0.3) is 0 Å². The minimum Gasteiger partial charge on any atom is -0.369 e. The van der Waals surface area contributed by atoms with Gasteiger partial charge < -0.3 is 16.0 Å². The number of halogens is 1. The van der Waals surface area contributed by atoms with Crippen molar-refractivity contribution in [2.75, 3.05) is 24.5 Å². The first-order chi connectivity index (χ1) is 10.1. The lowest BCUT2D eigenvalue weighted by Crippen LogP contribution is -2.42. The van der Waals surface area contributed by atoms with Gasteiger partial charge in [-0.15, -0.1) is 0 Å². The maximum absolute atomic E-state index is 14.3. The van der Waals surface area contributed by atoms with Gasteiger partial charge in [0, 0.05) is 19.6 Å². The Morgan fingerprint density at radius 2 is 2.33 bits per heavy atom. The van der Waals surface area contributed by atoms with E-state index in [2.05, 4.69) is 12.2 Å². The van der Waals surface area contributed by atoms with Crippen LogP contribution in [-0.4, -0.2) is 25.5 Å². The van der Waals surface area contributed by atoms with Crippen molar-refractivity contribution in [1.29, 1.82) is 0 Å². The Balaban J connectivity index is 2.18. The van der Waals surface area contributed by atoms with E-state index in [0.717, 1.165) is 37.9 Å². The molecule has 5 heteroatoms. The predicted molar refractivity (Wildman–Crippen MR) is 82.5 cm³/mol. The summed E-state index contributed by atoms with van der Waals surface area (Å²) in [5.41, 5.74) is 6.97. The molecule has 3 N–H and O–H groups in total. The number of nitrogens with zero attached hydrogens (tertiary/aromatic N) is 1. The van der Waals surface area contributed by atoms with Gasteiger partial charge in [-0.2, -0.15) is 0 Å². The smallest absolute Gasteiger partial charge is 0.222 e. The van der Waals surface area contributed by atoms with Crippen LogP contribution in [0.2, 0.25) is 0 Å². The Morgan fingerprint density at radius 3 is 3.05 bits per heavy atom. The van der Waals surface area contributed by atoms with Gasteiger partial charge in [0.25, 0.3) is 0 Å². The van der Waals surface area contributed by atoms with Gasteiger partial charge in [-0.1, -0.05) is 19.1 Å². The fourth-order valence-corrected chi connectivity index (χ4v) is 2.87. The number of hydrogen-bond acceptors (Lipinski definition) is 3. The summed E-state index contributed by atoms with van der Waals surface area (Å²) in [6.07, 6.45) is 2.70. The predicted octanol–water partition coefficient (Wildman–Crippen LogP) is 2.03. The minimum atomic E-state index is -0.290. The van der Waals surface area contributed by atoms with E-state index in [1.165, 1.54) is 6.07 Å². The summed E-state index contributed by atoms with van der Waals surface area (Å²) in [4.78, 5) is 13.4. The van der Waals surface area contributed by atoms with Crippen molar-refractivity contribution in [2.24, 2.45) is 11.7 Å². The molecule has 2 rings (SSSR count). The third-order valence-corrected chi connectivity index (χ3v) is 3.95. The highest BCUT2D eigenvalue weighted by Gasteiger charge is 2.26. The molecule has 0 aromatic heterocycles. The van der Waals surface area contributed by atoms with Gasteiger partial charge >= 0.3 is 0 Å². The normalized spacial score (nSPS) is 18.8. The van der Waals surface area contributed by atoms with Crippen molar-refractivity contribution in [3.63, 3.8) is 0 Å². The molecule has 0 spiro atoms. The summed E-state index contributed by atoms with van der Waals surface area (Å²) in [7, 11) is 0. The zero-order chi connectivity index (χ0) is 15.2. The summed E-state index contributed by atoms with van der Waals surface area (Å²) in [5, 5.41) is 3.31. The Morgan fingerprint density at radius 1 is 1.52 bits per heavy atom. The van der Waals surface area contributed by atoms with Gasteiger partial charge in [-0.3, -0.25) is 4.79 Å². The lowest BCUT2D eigenvalue weighted by molar-refractivity contribution is -0.122. The van der Waals surface area contributed by atoms with Crippen molar-refractivity contribution >= 4 is 11.6 Å². The van der Waals surface area contributed by atoms with Crippen molar-refractivity contribution in [3.8, 4) is 0 Å². The Labute approximate surface area is 125 Å². The third-order valence-electron chi connectivity index (χ3n) is 3.95. The van der Waals surface area contributed by atoms with E-state index >= 15 is 0 Å². The Bertz CT molecular complexity index is 492. The van der Waals surface area contributed by atoms with Crippen molar-refractivity contribution in [2.45, 2.75) is 32.7 Å². The molecule has 21 heavy (non-hydrogen) atoms. The molecule has 1 aliphatic rings. The first kappa shape index (κ1) is 15.8. The maximum Gasteiger partial charge on any atom is 0.222 e. The van der Waals surface area contributed by atoms with Gasteiger partial charge in [0.15, 0.2) is 0 Å². The average molecular weight is 293 g/mol. The molecule has 0 radical (unpaired) electrons. The van der Waals surface area contributed by atoms with Gasteiger partial charge in [0.1, 0.15) is 5.82 Å². The quantitative estimate of drug-likeness (QED) is 0.789. The summed E-state index contributed by atoms with van der Waals surface area (Å²) in [6, 6.07) is 5.15. The van der Waals surface area contributed by atoms with E-state index in [-0.39, 0.29) is 17.6 Å². The number of para-hydroxylation sites is 1. The monoisotopic (exact) mass is 293 g/mol. The summed E-state index contributed by atoms with van der Waals surface area (Å²) in [6.45, 7) is 4.92. The van der Waals surface area contributed by atoms with Crippen LogP contribution in [0.4, 0.5) is 10.1 Å². The van der Waals surface area contributed by atoms with Gasteiger partial charge in [-0.05, 0) is 37.4 Å². The minimum absolute atomic E-state index is 0.185. The van der Waals surface area contributed by atoms with E-state index in [1.54, 1.807) is 6.07 Å². The molecule has 0 aliphatic carbocycles. The van der Waals surface area contributed by atoms with E-state index in [0.29, 0.717) is 18.8 Å². The fourth-order valence-electron chi connectivity index (χ4n) is 2.87. The molecule has 1 unspecified atom stereocenters. The van der Waals surface area contributed by atoms with E-state index in [9.17, 15) is 9.18 Å². The topological polar surface area (TPSA) is 58.4 Å². The number of amides is 1. The van der Waals surface area contributed by atoms with Gasteiger partial charge in [-0.25, -0.2) is 4.39 Å². The van der Waals surface area contributed by atoms with Crippen LogP contribution in [0, 0.1) is 11.7 Å². The molecule has 1 fully saturated rings. The molecule has 0 bridgehead atoms. The van der Waals surface area contributed by atoms with Crippen molar-refractivity contribution < 1.29 is 9.18 Å². The largest absolute Gasteiger partial charge is 0.369 e. The van der Waals surface area contributed by atoms with Crippen LogP contribution in [0.3, 0.4) is 0 Å². The van der Waals surface area contributed by atoms with Crippen LogP contribution in [-0.2, 0) is 11.3 Å². The van der Waals surface area contributed by atoms with E-state index < -0.39 is 0 Å². The zero-order valence-electron chi connectivity index (χ0n) is 12.6. The molecular weight excluding hydrogens is 269 g/mol. The Hall–Kier alpha value is -1.62. The molecular formula is C16H24FN3O. The molecule has 116 valence electrons. The second kappa shape index (κ2) is 7.41. The fraction of sp³-hybridized carbons (Fsp3) is 0.562. The molecule has 0 saturated carbocycles. The molecule has 4 nitrogen and oxygen atoms in total. The zero-order valence-corrected chi connectivity index (χ0v) is 12.6. The van der Waals surface area contributed by atoms with E-state index in [1.807, 2.05) is 11.0 Å². The third kappa shape index (κ3) is 3.94. The first-order valence-corrected chi connectivity index (χ1v) is 7.65. The van der Waals surface area contributed by atoms with E-state index in [4.69, 9.17) is 5.73 Å². The summed E-state index contributed by atoms with van der Waals surface area (Å²) < 4.78 is 14.3. The highest BCUT2D eigenvalue weighted by molar-refractivity contribution is 5.77. The Kier molecular flexibility index (Phi) is 5.56. The maximum atomic E-state index is 14.3. The standard InChI is InChI=1S/C16H24FN3O/c1-2-8-19-10-12-5-3-7-14(17)15(12)20-9-4-6-13(11-20)16(18)21/h3,5,7,13,19H,2,4,6,8-11H2,1H3,(H2,18,21). The molecule has 1 atom stereocenters. The SMILES string of the molecule is CCCNCc1cccc(F)c1N1CCCC(C(N)=O)C1. The molecule has 1 heterocycles. The molecule has 1 amide bonds. The van der Waals surface area contributed by atoms with Crippen LogP contribution < -0.4 is 16.0 Å². The first-order valence-electron chi connectivity index (χ1n) is 7.65. The number of hydrogen-bond donors (Lipinski definition) is 2. The number of carbonyl (C=O) groups is 1.